The van der Waals surface area contributed by atoms with Gasteiger partial charge in [0.1, 0.15) is 18.3 Å². The fourth-order valence-corrected chi connectivity index (χ4v) is 5.99. The van der Waals surface area contributed by atoms with Crippen LogP contribution in [0.25, 0.3) is 0 Å². The van der Waals surface area contributed by atoms with E-state index in [2.05, 4.69) is 18.0 Å². The van der Waals surface area contributed by atoms with Gasteiger partial charge in [-0.2, -0.15) is 0 Å². The Bertz CT molecular complexity index is 836. The van der Waals surface area contributed by atoms with Crippen LogP contribution in [0.2, 0.25) is 0 Å². The van der Waals surface area contributed by atoms with Gasteiger partial charge in [-0.15, -0.1) is 0 Å². The highest BCUT2D eigenvalue weighted by Gasteiger charge is 2.74. The molecule has 1 aromatic carbocycles. The molecule has 0 saturated carbocycles. The number of aliphatic hydroxyl groups is 1. The molecule has 1 saturated heterocycles. The molecule has 6 nitrogen and oxygen atoms in total. The molecule has 2 aliphatic heterocycles. The number of likely N-dealkylation sites (tertiary alicyclic amines) is 1. The van der Waals surface area contributed by atoms with Crippen LogP contribution in [0.4, 0.5) is 0 Å². The predicted octanol–water partition coefficient (Wildman–Crippen LogP) is 1.19. The molecule has 5 rings (SSSR count). The highest BCUT2D eigenvalue weighted by atomic mass is 16.6. The molecule has 0 aromatic heterocycles. The van der Waals surface area contributed by atoms with Gasteiger partial charge in [-0.1, -0.05) is 18.2 Å². The first-order valence-corrected chi connectivity index (χ1v) is 9.08. The zero-order valence-electron chi connectivity index (χ0n) is 15.2. The van der Waals surface area contributed by atoms with Crippen LogP contribution in [0.15, 0.2) is 24.3 Å². The minimum Gasteiger partial charge on any atom is -0.493 e. The normalized spacial score (nSPS) is 39.2. The molecule has 1 N–H and O–H groups in total. The van der Waals surface area contributed by atoms with E-state index in [0.29, 0.717) is 12.2 Å². The van der Waals surface area contributed by atoms with E-state index >= 15 is 0 Å². The van der Waals surface area contributed by atoms with Crippen LogP contribution in [-0.2, 0) is 21.4 Å². The van der Waals surface area contributed by atoms with Crippen molar-refractivity contribution in [3.8, 4) is 11.5 Å². The van der Waals surface area contributed by atoms with Gasteiger partial charge in [0.2, 0.25) is 0 Å². The van der Waals surface area contributed by atoms with Gasteiger partial charge in [0.25, 0.3) is 0 Å². The van der Waals surface area contributed by atoms with Crippen molar-refractivity contribution in [2.75, 3.05) is 20.7 Å². The number of methoxy groups -OCH3 is 1. The van der Waals surface area contributed by atoms with Crippen LogP contribution in [0.1, 0.15) is 24.5 Å². The molecule has 2 heterocycles. The van der Waals surface area contributed by atoms with E-state index in [1.54, 1.807) is 13.2 Å². The van der Waals surface area contributed by atoms with Crippen molar-refractivity contribution >= 4 is 5.97 Å². The van der Waals surface area contributed by atoms with Crippen LogP contribution in [0.5, 0.6) is 11.5 Å². The molecule has 26 heavy (non-hydrogen) atoms. The molecule has 0 radical (unpaired) electrons. The van der Waals surface area contributed by atoms with Crippen molar-refractivity contribution in [1.29, 1.82) is 0 Å². The number of benzene rings is 1. The molecule has 1 spiro atoms. The van der Waals surface area contributed by atoms with Gasteiger partial charge >= 0.3 is 5.97 Å². The minimum atomic E-state index is -0.712. The number of nitrogens with zero attached hydrogens (tertiary/aromatic N) is 1. The first-order valence-electron chi connectivity index (χ1n) is 9.08. The van der Waals surface area contributed by atoms with Crippen LogP contribution in [0, 0.1) is 0 Å². The summed E-state index contributed by atoms with van der Waals surface area (Å²) in [5, 5.41) is 10.8. The number of carbonyl (C=O) groups is 1. The first-order chi connectivity index (χ1) is 12.5. The van der Waals surface area contributed by atoms with Crippen LogP contribution in [-0.4, -0.2) is 60.5 Å². The maximum Gasteiger partial charge on any atom is 0.302 e. The summed E-state index contributed by atoms with van der Waals surface area (Å²) >= 11 is 0. The number of hydrogen-bond acceptors (Lipinski definition) is 6. The maximum absolute atomic E-state index is 11.9. The molecule has 1 fully saturated rings. The van der Waals surface area contributed by atoms with Crippen molar-refractivity contribution in [1.82, 2.24) is 4.90 Å². The topological polar surface area (TPSA) is 68.2 Å². The molecule has 2 unspecified atom stereocenters. The fourth-order valence-electron chi connectivity index (χ4n) is 5.99. The highest BCUT2D eigenvalue weighted by Crippen LogP contribution is 2.66. The van der Waals surface area contributed by atoms with Crippen molar-refractivity contribution in [3.05, 3.63) is 35.4 Å². The smallest absolute Gasteiger partial charge is 0.302 e. The summed E-state index contributed by atoms with van der Waals surface area (Å²) in [6, 6.07) is 3.94. The molecule has 138 valence electrons. The average molecular weight is 357 g/mol. The number of carbonyl (C=O) groups excluding carboxylic acids is 1. The third-order valence-corrected chi connectivity index (χ3v) is 6.85. The van der Waals surface area contributed by atoms with Gasteiger partial charge in [0.05, 0.1) is 18.1 Å². The molecule has 6 heteroatoms. The predicted molar refractivity (Wildman–Crippen MR) is 93.5 cm³/mol. The van der Waals surface area contributed by atoms with E-state index < -0.39 is 23.2 Å². The SMILES string of the molecule is COc1ccc2c3c1O[C@H]1[C@@H](O)C=CC4([C@@H](OC(C)=O)C2)N(C)CCC314. The zero-order valence-corrected chi connectivity index (χ0v) is 15.2. The summed E-state index contributed by atoms with van der Waals surface area (Å²) in [4.78, 5) is 14.1. The number of rotatable bonds is 2. The number of aliphatic hydroxyl groups excluding tert-OH is 1. The molecule has 2 aliphatic carbocycles. The molecular formula is C20H23NO5. The third kappa shape index (κ3) is 1.59. The monoisotopic (exact) mass is 357 g/mol. The van der Waals surface area contributed by atoms with Gasteiger partial charge in [0, 0.05) is 18.9 Å². The average Bonchev–Trinajstić information content (AvgIpc) is 3.12. The maximum atomic E-state index is 11.9. The summed E-state index contributed by atoms with van der Waals surface area (Å²) in [7, 11) is 3.70. The quantitative estimate of drug-likeness (QED) is 0.633. The second-order valence-corrected chi connectivity index (χ2v) is 7.79. The zero-order chi connectivity index (χ0) is 18.3. The Morgan fingerprint density at radius 2 is 2.23 bits per heavy atom. The van der Waals surface area contributed by atoms with Gasteiger partial charge in [-0.25, -0.2) is 0 Å². The van der Waals surface area contributed by atoms with Gasteiger partial charge in [-0.05, 0) is 31.6 Å². The van der Waals surface area contributed by atoms with Crippen LogP contribution >= 0.6 is 0 Å². The van der Waals surface area contributed by atoms with Gasteiger partial charge < -0.3 is 19.3 Å². The Kier molecular flexibility index (Phi) is 3.12. The summed E-state index contributed by atoms with van der Waals surface area (Å²) in [6.07, 6.45) is 3.85. The van der Waals surface area contributed by atoms with E-state index in [1.165, 1.54) is 6.92 Å². The lowest BCUT2D eigenvalue weighted by Crippen LogP contribution is -2.71. The van der Waals surface area contributed by atoms with Crippen molar-refractivity contribution in [2.45, 2.75) is 49.0 Å². The molecule has 0 bridgehead atoms. The molecule has 5 atom stereocenters. The van der Waals surface area contributed by atoms with E-state index in [0.717, 1.165) is 29.8 Å². The largest absolute Gasteiger partial charge is 0.493 e. The van der Waals surface area contributed by atoms with E-state index in [9.17, 15) is 9.90 Å². The summed E-state index contributed by atoms with van der Waals surface area (Å²) in [5.41, 5.74) is 1.27. The van der Waals surface area contributed by atoms with Crippen molar-refractivity contribution in [2.24, 2.45) is 0 Å². The first kappa shape index (κ1) is 16.1. The van der Waals surface area contributed by atoms with Crippen LogP contribution < -0.4 is 9.47 Å². The lowest BCUT2D eigenvalue weighted by Gasteiger charge is -2.56. The molecular weight excluding hydrogens is 334 g/mol. The second kappa shape index (κ2) is 5.02. The Balaban J connectivity index is 1.84. The number of hydrogen-bond donors (Lipinski definition) is 1. The number of esters is 1. The lowest BCUT2D eigenvalue weighted by molar-refractivity contribution is -0.158. The van der Waals surface area contributed by atoms with E-state index in [4.69, 9.17) is 14.2 Å². The van der Waals surface area contributed by atoms with E-state index in [-0.39, 0.29) is 12.1 Å². The van der Waals surface area contributed by atoms with Gasteiger partial charge in [0.15, 0.2) is 11.5 Å². The highest BCUT2D eigenvalue weighted by molar-refractivity contribution is 5.69. The minimum absolute atomic E-state index is 0.285. The van der Waals surface area contributed by atoms with Crippen molar-refractivity contribution in [3.63, 3.8) is 0 Å². The molecule has 0 amide bonds. The van der Waals surface area contributed by atoms with E-state index in [1.807, 2.05) is 12.1 Å². The molecule has 1 aromatic rings. The second-order valence-electron chi connectivity index (χ2n) is 7.79. The Morgan fingerprint density at radius 3 is 2.96 bits per heavy atom. The fraction of sp³-hybridized carbons (Fsp3) is 0.550. The Labute approximate surface area is 152 Å². The molecule has 4 aliphatic rings. The summed E-state index contributed by atoms with van der Waals surface area (Å²) in [6.45, 7) is 2.29. The van der Waals surface area contributed by atoms with Crippen molar-refractivity contribution < 1.29 is 24.1 Å². The third-order valence-electron chi connectivity index (χ3n) is 6.85. The number of likely N-dealkylation sites (N-methyl/N-ethyl adjacent to an activating group) is 1. The summed E-state index contributed by atoms with van der Waals surface area (Å²) in [5.74, 6) is 1.14. The number of ether oxygens (including phenoxy) is 3. The van der Waals surface area contributed by atoms with Crippen LogP contribution in [0.3, 0.4) is 0 Å². The Morgan fingerprint density at radius 1 is 1.42 bits per heavy atom. The standard InChI is InChI=1S/C20H23NO5/c1-11(22)25-15-10-12-4-5-14(24-3)17-16(12)19-8-9-21(2)20(15,19)7-6-13(23)18(19)26-17/h4-7,13,15,18,23H,8-10H2,1-3H3/t13-,15-,18-,19?,20?/m0/s1. The summed E-state index contributed by atoms with van der Waals surface area (Å²) < 4.78 is 17.7. The lowest BCUT2D eigenvalue weighted by atomic mass is 9.53. The van der Waals surface area contributed by atoms with Gasteiger partial charge in [-0.3, -0.25) is 9.69 Å². The Hall–Kier alpha value is -2.05.